The Morgan fingerprint density at radius 3 is 2.21 bits per heavy atom. The molecule has 1 aromatic carbocycles. The minimum Gasteiger partial charge on any atom is -0.480 e. The van der Waals surface area contributed by atoms with E-state index in [1.807, 2.05) is 23.4 Å². The van der Waals surface area contributed by atoms with Crippen LogP contribution in [0.25, 0.3) is 11.3 Å². The number of carbonyl (C=O) groups excluding carboxylic acids is 2. The Labute approximate surface area is 277 Å². The third-order valence-electron chi connectivity index (χ3n) is 8.00. The molecule has 0 spiro atoms. The van der Waals surface area contributed by atoms with Gasteiger partial charge in [-0.05, 0) is 92.3 Å². The first-order valence-corrected chi connectivity index (χ1v) is 17.7. The van der Waals surface area contributed by atoms with Gasteiger partial charge in [0.15, 0.2) is 5.16 Å². The summed E-state index contributed by atoms with van der Waals surface area (Å²) < 4.78 is 47.2. The molecule has 2 heterocycles. The number of unbranched alkanes of at least 4 members (excludes halogenated alkanes) is 1. The van der Waals surface area contributed by atoms with E-state index in [0.29, 0.717) is 12.1 Å². The number of carbonyl (C=O) groups is 3. The van der Waals surface area contributed by atoms with Crippen LogP contribution in [-0.4, -0.2) is 91.4 Å². The molecule has 12 nitrogen and oxygen atoms in total. The summed E-state index contributed by atoms with van der Waals surface area (Å²) in [6.07, 6.45) is 0.355. The summed E-state index contributed by atoms with van der Waals surface area (Å²) in [5, 5.41) is 8.94. The van der Waals surface area contributed by atoms with E-state index >= 15 is 0 Å². The number of ether oxygens (including phenoxy) is 2. The average Bonchev–Trinajstić information content (AvgIpc) is 3.26. The predicted molar refractivity (Wildman–Crippen MR) is 176 cm³/mol. The lowest BCUT2D eigenvalue weighted by Crippen LogP contribution is -2.54. The van der Waals surface area contributed by atoms with Crippen molar-refractivity contribution < 1.29 is 42.4 Å². The number of imidazole rings is 1. The maximum Gasteiger partial charge on any atom is 0.419 e. The summed E-state index contributed by atoms with van der Waals surface area (Å²) in [6.45, 7) is 14.1. The second kappa shape index (κ2) is 14.9. The third-order valence-corrected chi connectivity index (χ3v) is 11.3. The van der Waals surface area contributed by atoms with Crippen LogP contribution < -0.4 is 0 Å². The number of imide groups is 1. The van der Waals surface area contributed by atoms with Crippen molar-refractivity contribution in [3.8, 4) is 11.3 Å². The first kappa shape index (κ1) is 38.2. The second-order valence-corrected chi connectivity index (χ2v) is 16.9. The number of aryl methyl sites for hydroxylation is 1. The topological polar surface area (TPSA) is 140 Å². The number of nitrogens with zero attached hydrogens (tertiary/aromatic N) is 4. The Kier molecular flexibility index (Phi) is 12.1. The van der Waals surface area contributed by atoms with Crippen molar-refractivity contribution in [1.29, 1.82) is 0 Å². The molecule has 0 bridgehead atoms. The quantitative estimate of drug-likeness (QED) is 0.198. The Hall–Kier alpha value is -3.28. The van der Waals surface area contributed by atoms with Gasteiger partial charge in [0.25, 0.3) is 0 Å². The van der Waals surface area contributed by atoms with Crippen LogP contribution in [0, 0.1) is 12.7 Å². The van der Waals surface area contributed by atoms with E-state index in [9.17, 15) is 28.4 Å². The van der Waals surface area contributed by atoms with Gasteiger partial charge in [0.05, 0.1) is 18.5 Å². The number of rotatable bonds is 11. The number of aliphatic carboxylic acids is 1. The van der Waals surface area contributed by atoms with Gasteiger partial charge in [0.1, 0.15) is 22.8 Å². The number of carboxylic acids is 1. The zero-order valence-electron chi connectivity index (χ0n) is 29.1. The summed E-state index contributed by atoms with van der Waals surface area (Å²) in [4.78, 5) is 46.1. The fraction of sp³-hybridized carbons (Fsp3) is 0.636. The highest BCUT2D eigenvalue weighted by Crippen LogP contribution is 2.63. The summed E-state index contributed by atoms with van der Waals surface area (Å²) in [5.74, 6) is -0.891. The molecule has 2 amide bonds. The van der Waals surface area contributed by atoms with Gasteiger partial charge in [0.2, 0.25) is 7.37 Å². The van der Waals surface area contributed by atoms with Gasteiger partial charge in [-0.1, -0.05) is 6.07 Å². The molecule has 47 heavy (non-hydrogen) atoms. The van der Waals surface area contributed by atoms with Crippen LogP contribution in [-0.2, 0) is 36.9 Å². The first-order chi connectivity index (χ1) is 21.7. The monoisotopic (exact) mass is 680 g/mol. The maximum absolute atomic E-state index is 14.4. The van der Waals surface area contributed by atoms with Crippen molar-refractivity contribution in [1.82, 2.24) is 19.4 Å². The summed E-state index contributed by atoms with van der Waals surface area (Å²) in [6, 6.07) is 4.48. The normalized spacial score (nSPS) is 20.6. The fourth-order valence-corrected chi connectivity index (χ4v) is 8.62. The van der Waals surface area contributed by atoms with E-state index in [2.05, 4.69) is 4.98 Å². The predicted octanol–water partition coefficient (Wildman–Crippen LogP) is 6.83. The largest absolute Gasteiger partial charge is 0.480 e. The second-order valence-electron chi connectivity index (χ2n) is 14.0. The number of amides is 2. The van der Waals surface area contributed by atoms with E-state index in [1.165, 1.54) is 12.1 Å². The van der Waals surface area contributed by atoms with Crippen molar-refractivity contribution in [3.05, 3.63) is 41.6 Å². The van der Waals surface area contributed by atoms with Crippen molar-refractivity contribution in [3.63, 3.8) is 0 Å². The molecule has 1 aromatic heterocycles. The zero-order valence-corrected chi connectivity index (χ0v) is 30.0. The Balaban J connectivity index is 1.86. The van der Waals surface area contributed by atoms with Gasteiger partial charge in [0, 0.05) is 45.0 Å². The van der Waals surface area contributed by atoms with Gasteiger partial charge < -0.3 is 23.7 Å². The lowest BCUT2D eigenvalue weighted by atomic mass is 9.98. The lowest BCUT2D eigenvalue weighted by molar-refractivity contribution is -0.141. The van der Waals surface area contributed by atoms with Crippen LogP contribution in [0.3, 0.4) is 0 Å². The van der Waals surface area contributed by atoms with Crippen LogP contribution in [0.5, 0.6) is 0 Å². The third kappa shape index (κ3) is 9.42. The molecule has 1 aliphatic heterocycles. The Morgan fingerprint density at radius 1 is 1.09 bits per heavy atom. The molecule has 0 radical (unpaired) electrons. The Morgan fingerprint density at radius 2 is 1.70 bits per heavy atom. The van der Waals surface area contributed by atoms with E-state index < -0.39 is 47.7 Å². The van der Waals surface area contributed by atoms with Crippen LogP contribution >= 0.6 is 7.37 Å². The number of hydrogen-bond donors (Lipinski definition) is 1. The lowest BCUT2D eigenvalue weighted by Gasteiger charge is -2.45. The molecule has 1 saturated heterocycles. The number of carboxylic acid groups (broad SMARTS) is 1. The summed E-state index contributed by atoms with van der Waals surface area (Å²) in [5.41, 5.74) is 0.406. The molecular weight excluding hydrogens is 630 g/mol. The van der Waals surface area contributed by atoms with E-state index in [0.717, 1.165) is 22.0 Å². The number of halogens is 1. The van der Waals surface area contributed by atoms with Crippen LogP contribution in [0.4, 0.5) is 14.0 Å². The van der Waals surface area contributed by atoms with E-state index in [-0.39, 0.29) is 51.7 Å². The highest BCUT2D eigenvalue weighted by molar-refractivity contribution is 7.62. The number of benzene rings is 1. The van der Waals surface area contributed by atoms with Crippen LogP contribution in [0.2, 0.25) is 0 Å². The zero-order chi connectivity index (χ0) is 35.4. The first-order valence-electron chi connectivity index (χ1n) is 15.9. The standard InChI is InChI=1S/C33H50FN4O8P/c1-10-44-47(43)18-17-37(21-24-13-14-25(34)19-26(24)27-20-35-23(2)36(27)9)22-33(47,28(39)40)15-11-12-16-38(29(41)45-31(3,4)5)30(42)46-32(6,7)8/h13-14,19-20H,10-12,15-18,21-22H2,1-9H3,(H,39,40)/t33-,47?/m0/s1. The Bertz CT molecular complexity index is 1470. The highest BCUT2D eigenvalue weighted by atomic mass is 31.2. The SMILES string of the molecule is CCOP1(=O)CCN(Cc2ccc(F)cc2-c2cnc(C)n2C)C[C@@]1(CCCCN(C(=O)OC(C)(C)C)C(=O)OC(C)(C)C)C(=O)O. The van der Waals surface area contributed by atoms with Gasteiger partial charge in [-0.2, -0.15) is 0 Å². The van der Waals surface area contributed by atoms with Gasteiger partial charge in [-0.15, -0.1) is 0 Å². The van der Waals surface area contributed by atoms with Crippen LogP contribution in [0.15, 0.2) is 24.4 Å². The molecule has 1 aliphatic rings. The molecule has 3 rings (SSSR count). The average molecular weight is 681 g/mol. The van der Waals surface area contributed by atoms with Crippen molar-refractivity contribution in [2.45, 2.75) is 97.6 Å². The van der Waals surface area contributed by atoms with Crippen LogP contribution in [0.1, 0.15) is 79.1 Å². The molecule has 1 N–H and O–H groups in total. The highest BCUT2D eigenvalue weighted by Gasteiger charge is 2.58. The minimum absolute atomic E-state index is 0.0240. The smallest absolute Gasteiger partial charge is 0.419 e. The molecule has 1 fully saturated rings. The number of hydrogen-bond acceptors (Lipinski definition) is 9. The van der Waals surface area contributed by atoms with E-state index in [1.54, 1.807) is 60.7 Å². The summed E-state index contributed by atoms with van der Waals surface area (Å²) >= 11 is 0. The minimum atomic E-state index is -3.71. The van der Waals surface area contributed by atoms with Gasteiger partial charge >= 0.3 is 18.2 Å². The van der Waals surface area contributed by atoms with Gasteiger partial charge in [-0.25, -0.2) is 23.9 Å². The van der Waals surface area contributed by atoms with Crippen molar-refractivity contribution >= 4 is 25.5 Å². The molecule has 0 aliphatic carbocycles. The summed E-state index contributed by atoms with van der Waals surface area (Å²) in [7, 11) is -1.86. The van der Waals surface area contributed by atoms with Crippen molar-refractivity contribution in [2.75, 3.05) is 32.4 Å². The van der Waals surface area contributed by atoms with Gasteiger partial charge in [-0.3, -0.25) is 14.3 Å². The molecule has 14 heteroatoms. The molecule has 262 valence electrons. The molecule has 2 aromatic rings. The van der Waals surface area contributed by atoms with E-state index in [4.69, 9.17) is 14.0 Å². The molecule has 0 saturated carbocycles. The molecular formula is C33H50FN4O8P. The molecule has 1 unspecified atom stereocenters. The van der Waals surface area contributed by atoms with Crippen molar-refractivity contribution in [2.24, 2.45) is 7.05 Å². The fourth-order valence-electron chi connectivity index (χ4n) is 5.64. The number of aromatic nitrogens is 2. The maximum atomic E-state index is 14.4. The molecule has 2 atom stereocenters.